The summed E-state index contributed by atoms with van der Waals surface area (Å²) in [5, 5.41) is 9.87. The fourth-order valence-electron chi connectivity index (χ4n) is 0.283. The van der Waals surface area contributed by atoms with E-state index in [1.54, 1.807) is 0 Å². The van der Waals surface area contributed by atoms with Gasteiger partial charge < -0.3 is 5.11 Å². The standard InChI is InChI=1S/C4H3NO2S/c6-3-1-5-8-2-4(3)7/h1-2,7H. The molecule has 0 radical (unpaired) electrons. The molecule has 42 valence electrons. The second kappa shape index (κ2) is 1.92. The molecule has 8 heavy (non-hydrogen) atoms. The molecule has 0 atom stereocenters. The van der Waals surface area contributed by atoms with Gasteiger partial charge in [-0.2, -0.15) is 4.37 Å². The van der Waals surface area contributed by atoms with E-state index < -0.39 is 5.43 Å². The van der Waals surface area contributed by atoms with E-state index in [0.29, 0.717) is 0 Å². The Balaban J connectivity index is 3.35. The average molecular weight is 129 g/mol. The Bertz CT molecular complexity index is 231. The maximum absolute atomic E-state index is 10.3. The Morgan fingerprint density at radius 3 is 2.88 bits per heavy atom. The normalized spacial score (nSPS) is 9.00. The van der Waals surface area contributed by atoms with E-state index in [9.17, 15) is 4.79 Å². The van der Waals surface area contributed by atoms with Crippen molar-refractivity contribution in [2.24, 2.45) is 0 Å². The van der Waals surface area contributed by atoms with Crippen LogP contribution in [0, 0.1) is 0 Å². The number of nitrogens with zero attached hydrogens (tertiary/aromatic N) is 1. The van der Waals surface area contributed by atoms with Crippen LogP contribution in [0.2, 0.25) is 0 Å². The molecule has 1 N–H and O–H groups in total. The molecule has 0 fully saturated rings. The van der Waals surface area contributed by atoms with Gasteiger partial charge in [-0.05, 0) is 11.5 Å². The smallest absolute Gasteiger partial charge is 0.240 e. The first-order chi connectivity index (χ1) is 3.80. The lowest BCUT2D eigenvalue weighted by Crippen LogP contribution is -1.95. The van der Waals surface area contributed by atoms with Gasteiger partial charge in [0.15, 0.2) is 5.75 Å². The molecule has 0 bridgehead atoms. The van der Waals surface area contributed by atoms with Crippen molar-refractivity contribution in [1.82, 2.24) is 4.37 Å². The third-order valence-electron chi connectivity index (χ3n) is 0.648. The number of aromatic hydroxyl groups is 1. The fourth-order valence-corrected chi connectivity index (χ4v) is 0.716. The summed E-state index contributed by atoms with van der Waals surface area (Å²) < 4.78 is 3.51. The second-order valence-corrected chi connectivity index (χ2v) is 1.86. The monoisotopic (exact) mass is 129 g/mol. The molecule has 0 amide bonds. The Morgan fingerprint density at radius 1 is 1.75 bits per heavy atom. The van der Waals surface area contributed by atoms with Gasteiger partial charge in [-0.1, -0.05) is 0 Å². The minimum atomic E-state index is -0.427. The highest BCUT2D eigenvalue weighted by Crippen LogP contribution is 1.97. The van der Waals surface area contributed by atoms with Gasteiger partial charge in [0.2, 0.25) is 5.43 Å². The van der Waals surface area contributed by atoms with Crippen LogP contribution in [0.4, 0.5) is 0 Å². The predicted octanol–water partition coefficient (Wildman–Crippen LogP) is 0.209. The molecule has 0 unspecified atom stereocenters. The highest BCUT2D eigenvalue weighted by Gasteiger charge is 1.89. The summed E-state index contributed by atoms with van der Waals surface area (Å²) in [7, 11) is 0. The first kappa shape index (κ1) is 5.24. The van der Waals surface area contributed by atoms with Crippen LogP contribution in [-0.2, 0) is 0 Å². The van der Waals surface area contributed by atoms with E-state index in [1.165, 1.54) is 5.38 Å². The zero-order chi connectivity index (χ0) is 5.98. The zero-order valence-corrected chi connectivity index (χ0v) is 4.68. The highest BCUT2D eigenvalue weighted by atomic mass is 32.1. The summed E-state index contributed by atoms with van der Waals surface area (Å²) in [4.78, 5) is 10.3. The summed E-state index contributed by atoms with van der Waals surface area (Å²) in [5.74, 6) is -0.231. The van der Waals surface area contributed by atoms with Gasteiger partial charge in [0.05, 0.1) is 11.6 Å². The summed E-state index contributed by atoms with van der Waals surface area (Å²) in [5.41, 5.74) is -0.427. The molecule has 4 heteroatoms. The second-order valence-electron chi connectivity index (χ2n) is 1.21. The lowest BCUT2D eigenvalue weighted by Gasteiger charge is -1.80. The SMILES string of the molecule is O=c1cnscc1O. The molecule has 0 aliphatic heterocycles. The van der Waals surface area contributed by atoms with E-state index in [4.69, 9.17) is 5.11 Å². The average Bonchev–Trinajstić information content (AvgIpc) is 1.77. The van der Waals surface area contributed by atoms with Crippen molar-refractivity contribution < 1.29 is 5.11 Å². The molecule has 3 nitrogen and oxygen atoms in total. The topological polar surface area (TPSA) is 50.2 Å². The van der Waals surface area contributed by atoms with E-state index in [0.717, 1.165) is 17.7 Å². The van der Waals surface area contributed by atoms with Crippen molar-refractivity contribution in [3.8, 4) is 5.75 Å². The number of rotatable bonds is 0. The predicted molar refractivity (Wildman–Crippen MR) is 30.0 cm³/mol. The first-order valence-electron chi connectivity index (χ1n) is 1.93. The minimum Gasteiger partial charge on any atom is -0.503 e. The van der Waals surface area contributed by atoms with Gasteiger partial charge in [0.1, 0.15) is 0 Å². The number of aromatic nitrogens is 1. The molecule has 0 spiro atoms. The third kappa shape index (κ3) is 0.840. The van der Waals surface area contributed by atoms with Gasteiger partial charge >= 0.3 is 0 Å². The molecule has 0 aromatic carbocycles. The van der Waals surface area contributed by atoms with Crippen LogP contribution < -0.4 is 5.43 Å². The first-order valence-corrected chi connectivity index (χ1v) is 2.77. The Kier molecular flexibility index (Phi) is 1.26. The molecule has 1 heterocycles. The highest BCUT2D eigenvalue weighted by molar-refractivity contribution is 7.03. The van der Waals surface area contributed by atoms with E-state index >= 15 is 0 Å². The molecule has 1 aromatic rings. The van der Waals surface area contributed by atoms with Crippen LogP contribution in [0.15, 0.2) is 16.4 Å². The molecule has 0 saturated carbocycles. The Labute approximate surface area is 49.4 Å². The summed E-state index contributed by atoms with van der Waals surface area (Å²) in [6, 6.07) is 0. The van der Waals surface area contributed by atoms with Crippen molar-refractivity contribution in [2.45, 2.75) is 0 Å². The maximum Gasteiger partial charge on any atom is 0.240 e. The summed E-state index contributed by atoms with van der Waals surface area (Å²) >= 11 is 1.04. The lowest BCUT2D eigenvalue weighted by atomic mass is 10.6. The zero-order valence-electron chi connectivity index (χ0n) is 3.87. The van der Waals surface area contributed by atoms with Gasteiger partial charge in [-0.3, -0.25) is 4.79 Å². The largest absolute Gasteiger partial charge is 0.503 e. The molecule has 0 saturated heterocycles. The Morgan fingerprint density at radius 2 is 2.50 bits per heavy atom. The number of hydrogen-bond acceptors (Lipinski definition) is 4. The minimum absolute atomic E-state index is 0.231. The number of hydrogen-bond donors (Lipinski definition) is 1. The van der Waals surface area contributed by atoms with Crippen molar-refractivity contribution in [3.63, 3.8) is 0 Å². The van der Waals surface area contributed by atoms with Crippen LogP contribution in [0.1, 0.15) is 0 Å². The van der Waals surface area contributed by atoms with E-state index in [1.807, 2.05) is 0 Å². The van der Waals surface area contributed by atoms with Crippen LogP contribution in [-0.4, -0.2) is 9.48 Å². The molecule has 0 aliphatic rings. The Hall–Kier alpha value is -0.900. The van der Waals surface area contributed by atoms with Crippen LogP contribution >= 0.6 is 11.5 Å². The van der Waals surface area contributed by atoms with Gasteiger partial charge in [-0.25, -0.2) is 0 Å². The maximum atomic E-state index is 10.3. The molecule has 1 aromatic heterocycles. The van der Waals surface area contributed by atoms with Crippen LogP contribution in [0.5, 0.6) is 5.75 Å². The summed E-state index contributed by atoms with van der Waals surface area (Å²) in [6.07, 6.45) is 1.08. The van der Waals surface area contributed by atoms with Crippen molar-refractivity contribution >= 4 is 11.5 Å². The van der Waals surface area contributed by atoms with E-state index in [2.05, 4.69) is 4.37 Å². The molecule has 0 aliphatic carbocycles. The van der Waals surface area contributed by atoms with Crippen molar-refractivity contribution in [1.29, 1.82) is 0 Å². The van der Waals surface area contributed by atoms with Gasteiger partial charge in [-0.15, -0.1) is 0 Å². The van der Waals surface area contributed by atoms with Gasteiger partial charge in [0, 0.05) is 0 Å². The van der Waals surface area contributed by atoms with Crippen LogP contribution in [0.25, 0.3) is 0 Å². The molecule has 1 rings (SSSR count). The molecular weight excluding hydrogens is 126 g/mol. The lowest BCUT2D eigenvalue weighted by molar-refractivity contribution is 0.471. The third-order valence-corrected chi connectivity index (χ3v) is 1.20. The molecular formula is C4H3NO2S. The van der Waals surface area contributed by atoms with Gasteiger partial charge in [0.25, 0.3) is 0 Å². The quantitative estimate of drug-likeness (QED) is 0.544. The fraction of sp³-hybridized carbons (Fsp3) is 0. The van der Waals surface area contributed by atoms with Crippen molar-refractivity contribution in [2.75, 3.05) is 0 Å². The van der Waals surface area contributed by atoms with Crippen molar-refractivity contribution in [3.05, 3.63) is 21.8 Å². The summed E-state index contributed by atoms with van der Waals surface area (Å²) in [6.45, 7) is 0. The van der Waals surface area contributed by atoms with E-state index in [-0.39, 0.29) is 5.75 Å². The van der Waals surface area contributed by atoms with Crippen LogP contribution in [0.3, 0.4) is 0 Å².